The van der Waals surface area contributed by atoms with Gasteiger partial charge in [0.15, 0.2) is 11.5 Å². The quantitative estimate of drug-likeness (QED) is 0.215. The third-order valence-corrected chi connectivity index (χ3v) is 5.34. The minimum absolute atomic E-state index is 0.0841. The number of nitro benzene ring substituents is 1. The highest BCUT2D eigenvalue weighted by atomic mass is 79.9. The second-order valence-electron chi connectivity index (χ2n) is 6.62. The van der Waals surface area contributed by atoms with Gasteiger partial charge >= 0.3 is 0 Å². The van der Waals surface area contributed by atoms with Crippen LogP contribution in [0.1, 0.15) is 28.4 Å². The van der Waals surface area contributed by atoms with Gasteiger partial charge in [0.2, 0.25) is 0 Å². The van der Waals surface area contributed by atoms with Gasteiger partial charge in [0, 0.05) is 16.7 Å². The Hall–Kier alpha value is -3.43. The van der Waals surface area contributed by atoms with Gasteiger partial charge in [-0.25, -0.2) is 5.43 Å². The van der Waals surface area contributed by atoms with E-state index in [4.69, 9.17) is 21.1 Å². The van der Waals surface area contributed by atoms with Gasteiger partial charge in [0.1, 0.15) is 12.2 Å². The number of ether oxygens (including phenoxy) is 2. The van der Waals surface area contributed by atoms with Gasteiger partial charge < -0.3 is 9.47 Å². The number of carbonyl (C=O) groups excluding carboxylic acids is 1. The minimum atomic E-state index is -0.692. The first-order valence-electron chi connectivity index (χ1n) is 9.80. The number of hydrogen-bond acceptors (Lipinski definition) is 6. The van der Waals surface area contributed by atoms with Gasteiger partial charge in [-0.2, -0.15) is 5.10 Å². The Morgan fingerprint density at radius 3 is 2.64 bits per heavy atom. The fraction of sp³-hybridized carbons (Fsp3) is 0.130. The highest BCUT2D eigenvalue weighted by molar-refractivity contribution is 9.10. The number of para-hydroxylation sites is 1. The van der Waals surface area contributed by atoms with Crippen LogP contribution in [-0.4, -0.2) is 23.7 Å². The van der Waals surface area contributed by atoms with Gasteiger partial charge in [-0.3, -0.25) is 14.9 Å². The number of hydrazone groups is 1. The molecule has 0 heterocycles. The molecule has 3 aromatic carbocycles. The summed E-state index contributed by atoms with van der Waals surface area (Å²) in [5.74, 6) is 0.283. The molecule has 0 atom stereocenters. The molecule has 3 rings (SSSR count). The minimum Gasteiger partial charge on any atom is -0.490 e. The number of nitrogens with zero attached hydrogens (tertiary/aromatic N) is 2. The van der Waals surface area contributed by atoms with Crippen LogP contribution in [-0.2, 0) is 6.61 Å². The zero-order chi connectivity index (χ0) is 23.8. The first kappa shape index (κ1) is 24.2. The van der Waals surface area contributed by atoms with Crippen molar-refractivity contribution >= 4 is 45.3 Å². The van der Waals surface area contributed by atoms with Gasteiger partial charge in [0.25, 0.3) is 11.6 Å². The van der Waals surface area contributed by atoms with E-state index in [1.165, 1.54) is 24.4 Å². The Bertz CT molecular complexity index is 1200. The summed E-state index contributed by atoms with van der Waals surface area (Å²) < 4.78 is 12.3. The van der Waals surface area contributed by atoms with Crippen LogP contribution in [0.25, 0.3) is 0 Å². The zero-order valence-corrected chi connectivity index (χ0v) is 19.8. The predicted molar refractivity (Wildman–Crippen MR) is 129 cm³/mol. The lowest BCUT2D eigenvalue weighted by Crippen LogP contribution is -2.19. The van der Waals surface area contributed by atoms with E-state index in [1.807, 2.05) is 25.1 Å². The molecule has 3 aromatic rings. The normalized spacial score (nSPS) is 10.8. The average Bonchev–Trinajstić information content (AvgIpc) is 2.79. The van der Waals surface area contributed by atoms with E-state index < -0.39 is 10.8 Å². The molecule has 10 heteroatoms. The van der Waals surface area contributed by atoms with Gasteiger partial charge in [-0.05, 0) is 52.7 Å². The molecule has 0 spiro atoms. The molecule has 8 nitrogen and oxygen atoms in total. The van der Waals surface area contributed by atoms with Gasteiger partial charge in [0.05, 0.1) is 22.2 Å². The van der Waals surface area contributed by atoms with Crippen LogP contribution in [0.3, 0.4) is 0 Å². The van der Waals surface area contributed by atoms with Crippen LogP contribution >= 0.6 is 27.5 Å². The van der Waals surface area contributed by atoms with Crippen LogP contribution in [0.15, 0.2) is 70.2 Å². The Balaban J connectivity index is 1.76. The van der Waals surface area contributed by atoms with Crippen LogP contribution in [0.5, 0.6) is 11.5 Å². The summed E-state index contributed by atoms with van der Waals surface area (Å²) in [4.78, 5) is 22.8. The van der Waals surface area contributed by atoms with Crippen molar-refractivity contribution in [1.82, 2.24) is 5.43 Å². The second-order valence-corrected chi connectivity index (χ2v) is 7.88. The van der Waals surface area contributed by atoms with Crippen molar-refractivity contribution in [2.45, 2.75) is 13.5 Å². The summed E-state index contributed by atoms with van der Waals surface area (Å²) in [5, 5.41) is 15.6. The second kappa shape index (κ2) is 11.4. The van der Waals surface area contributed by atoms with Crippen molar-refractivity contribution in [2.75, 3.05) is 6.61 Å². The van der Waals surface area contributed by atoms with Crippen LogP contribution in [0, 0.1) is 10.1 Å². The maximum atomic E-state index is 12.3. The molecule has 1 N–H and O–H groups in total. The topological polar surface area (TPSA) is 103 Å². The standard InChI is InChI=1S/C23H19BrClN3O5/c1-2-32-21-12-15(11-18(24)22(21)33-14-16-7-3-5-9-19(16)25)13-26-27-23(29)17-8-4-6-10-20(17)28(30)31/h3-13H,2,14H2,1H3,(H,27,29)/b26-13-. The molecule has 0 fully saturated rings. The van der Waals surface area contributed by atoms with Crippen LogP contribution in [0.2, 0.25) is 5.02 Å². The molecule has 0 bridgehead atoms. The van der Waals surface area contributed by atoms with Crippen molar-refractivity contribution in [2.24, 2.45) is 5.10 Å². The lowest BCUT2D eigenvalue weighted by atomic mass is 10.2. The van der Waals surface area contributed by atoms with Crippen molar-refractivity contribution in [3.8, 4) is 11.5 Å². The molecule has 0 saturated heterocycles. The summed E-state index contributed by atoms with van der Waals surface area (Å²) in [6.07, 6.45) is 1.40. The summed E-state index contributed by atoms with van der Waals surface area (Å²) in [7, 11) is 0. The molecule has 0 saturated carbocycles. The molecule has 170 valence electrons. The largest absolute Gasteiger partial charge is 0.490 e. The van der Waals surface area contributed by atoms with Crippen LogP contribution < -0.4 is 14.9 Å². The smallest absolute Gasteiger partial charge is 0.282 e. The Kier molecular flexibility index (Phi) is 8.39. The lowest BCUT2D eigenvalue weighted by molar-refractivity contribution is -0.385. The number of nitrogens with one attached hydrogen (secondary N) is 1. The van der Waals surface area contributed by atoms with Crippen LogP contribution in [0.4, 0.5) is 5.69 Å². The van der Waals surface area contributed by atoms with E-state index in [0.29, 0.717) is 33.2 Å². The molecule has 0 aliphatic carbocycles. The monoisotopic (exact) mass is 531 g/mol. The number of benzene rings is 3. The Morgan fingerprint density at radius 1 is 1.18 bits per heavy atom. The molecule has 0 aliphatic rings. The van der Waals surface area contributed by atoms with Gasteiger partial charge in [-0.15, -0.1) is 0 Å². The van der Waals surface area contributed by atoms with E-state index in [-0.39, 0.29) is 17.9 Å². The van der Waals surface area contributed by atoms with Crippen molar-refractivity contribution < 1.29 is 19.2 Å². The van der Waals surface area contributed by atoms with E-state index in [0.717, 1.165) is 5.56 Å². The molecular formula is C23H19BrClN3O5. The van der Waals surface area contributed by atoms with Crippen molar-refractivity contribution in [1.29, 1.82) is 0 Å². The van der Waals surface area contributed by atoms with E-state index in [1.54, 1.807) is 24.3 Å². The number of rotatable bonds is 9. The summed E-state index contributed by atoms with van der Waals surface area (Å²) in [5.41, 5.74) is 3.36. The van der Waals surface area contributed by atoms with Crippen molar-refractivity contribution in [3.63, 3.8) is 0 Å². The highest BCUT2D eigenvalue weighted by Gasteiger charge is 2.18. The molecule has 0 aromatic heterocycles. The molecule has 1 amide bonds. The lowest BCUT2D eigenvalue weighted by Gasteiger charge is -2.15. The number of amides is 1. The zero-order valence-electron chi connectivity index (χ0n) is 17.5. The Labute approximate surface area is 203 Å². The third-order valence-electron chi connectivity index (χ3n) is 4.39. The molecule has 0 radical (unpaired) electrons. The predicted octanol–water partition coefficient (Wildman–Crippen LogP) is 5.75. The van der Waals surface area contributed by atoms with Gasteiger partial charge in [-0.1, -0.05) is 41.9 Å². The van der Waals surface area contributed by atoms with E-state index in [2.05, 4.69) is 26.5 Å². The molecule has 0 aliphatic heterocycles. The summed E-state index contributed by atoms with van der Waals surface area (Å²) in [6, 6.07) is 16.5. The SMILES string of the molecule is CCOc1cc(/C=N\NC(=O)c2ccccc2[N+](=O)[O-])cc(Br)c1OCc1ccccc1Cl. The first-order valence-corrected chi connectivity index (χ1v) is 11.0. The number of halogens is 2. The maximum Gasteiger partial charge on any atom is 0.282 e. The summed E-state index contributed by atoms with van der Waals surface area (Å²) >= 11 is 9.68. The summed E-state index contributed by atoms with van der Waals surface area (Å²) in [6.45, 7) is 2.50. The fourth-order valence-corrected chi connectivity index (χ4v) is 3.65. The molecule has 33 heavy (non-hydrogen) atoms. The number of carbonyl (C=O) groups is 1. The maximum absolute atomic E-state index is 12.3. The fourth-order valence-electron chi connectivity index (χ4n) is 2.88. The third kappa shape index (κ3) is 6.30. The Morgan fingerprint density at radius 2 is 1.91 bits per heavy atom. The van der Waals surface area contributed by atoms with Crippen molar-refractivity contribution in [3.05, 3.63) is 97.0 Å². The highest BCUT2D eigenvalue weighted by Crippen LogP contribution is 2.37. The first-order chi connectivity index (χ1) is 15.9. The average molecular weight is 533 g/mol. The van der Waals surface area contributed by atoms with E-state index >= 15 is 0 Å². The number of nitro groups is 1. The molecule has 0 unspecified atom stereocenters. The number of hydrogen-bond donors (Lipinski definition) is 1. The van der Waals surface area contributed by atoms with E-state index in [9.17, 15) is 14.9 Å². The molecular weight excluding hydrogens is 514 g/mol.